The van der Waals surface area contributed by atoms with Crippen LogP contribution in [0.15, 0.2) is 24.3 Å². The van der Waals surface area contributed by atoms with Gasteiger partial charge in [0, 0.05) is 0 Å². The normalized spacial score (nSPS) is 10.3. The zero-order valence-corrected chi connectivity index (χ0v) is 10.3. The van der Waals surface area contributed by atoms with Gasteiger partial charge in [-0.1, -0.05) is 26.0 Å². The second-order valence-corrected chi connectivity index (χ2v) is 2.92. The van der Waals surface area contributed by atoms with Crippen molar-refractivity contribution in [1.82, 2.24) is 0 Å². The quantitative estimate of drug-likeness (QED) is 0.890. The highest BCUT2D eigenvalue weighted by Crippen LogP contribution is 2.28. The molecule has 0 saturated carbocycles. The minimum Gasteiger partial charge on any atom is -0.487 e. The van der Waals surface area contributed by atoms with Crippen molar-refractivity contribution in [3.8, 4) is 11.5 Å². The van der Waals surface area contributed by atoms with Crippen LogP contribution in [0.4, 0.5) is 13.2 Å². The Bertz CT molecular complexity index is 327. The highest BCUT2D eigenvalue weighted by atomic mass is 19.4. The van der Waals surface area contributed by atoms with E-state index >= 15 is 0 Å². The number of halogens is 3. The summed E-state index contributed by atoms with van der Waals surface area (Å²) in [6, 6.07) is 5.99. The molecule has 1 aromatic rings. The van der Waals surface area contributed by atoms with Gasteiger partial charge in [-0.3, -0.25) is 0 Å². The second-order valence-electron chi connectivity index (χ2n) is 2.92. The molecule has 18 heavy (non-hydrogen) atoms. The van der Waals surface area contributed by atoms with Crippen LogP contribution in [0.3, 0.4) is 0 Å². The summed E-state index contributed by atoms with van der Waals surface area (Å²) in [6.07, 6.45) is -4.38. The van der Waals surface area contributed by atoms with Crippen molar-refractivity contribution < 1.29 is 27.8 Å². The Morgan fingerprint density at radius 2 is 1.56 bits per heavy atom. The first-order valence-electron chi connectivity index (χ1n) is 5.55. The number of hydrogen-bond donors (Lipinski definition) is 1. The van der Waals surface area contributed by atoms with Gasteiger partial charge in [-0.25, -0.2) is 0 Å². The third-order valence-corrected chi connectivity index (χ3v) is 1.59. The van der Waals surface area contributed by atoms with Crippen LogP contribution in [-0.4, -0.2) is 31.1 Å². The summed E-state index contributed by atoms with van der Waals surface area (Å²) >= 11 is 0. The Balaban J connectivity index is 0.00000137. The van der Waals surface area contributed by atoms with Crippen molar-refractivity contribution in [1.29, 1.82) is 0 Å². The predicted octanol–water partition coefficient (Wildman–Crippen LogP) is 3.03. The summed E-state index contributed by atoms with van der Waals surface area (Å²) in [6.45, 7) is 2.42. The van der Waals surface area contributed by atoms with Gasteiger partial charge in [-0.15, -0.1) is 0 Å². The summed E-state index contributed by atoms with van der Waals surface area (Å²) in [5.74, 6) is 0.189. The lowest BCUT2D eigenvalue weighted by molar-refractivity contribution is -0.153. The van der Waals surface area contributed by atoms with Gasteiger partial charge >= 0.3 is 6.18 Å². The van der Waals surface area contributed by atoms with Gasteiger partial charge in [-0.05, 0) is 12.1 Å². The number of hydrogen-bond acceptors (Lipinski definition) is 3. The molecule has 0 atom stereocenters. The molecule has 0 aliphatic carbocycles. The largest absolute Gasteiger partial charge is 0.487 e. The second kappa shape index (κ2) is 8.63. The average Bonchev–Trinajstić information content (AvgIpc) is 2.36. The van der Waals surface area contributed by atoms with Gasteiger partial charge in [0.05, 0.1) is 6.61 Å². The third-order valence-electron chi connectivity index (χ3n) is 1.59. The SMILES string of the molecule is CC.OCCOc1ccccc1OCC(F)(F)F. The number of ether oxygens (including phenoxy) is 2. The van der Waals surface area contributed by atoms with Crippen molar-refractivity contribution in [2.75, 3.05) is 19.8 Å². The van der Waals surface area contributed by atoms with Crippen molar-refractivity contribution in [2.24, 2.45) is 0 Å². The Morgan fingerprint density at radius 3 is 2.00 bits per heavy atom. The monoisotopic (exact) mass is 266 g/mol. The molecule has 0 fully saturated rings. The number of aliphatic hydroxyl groups is 1. The third kappa shape index (κ3) is 7.01. The standard InChI is InChI=1S/C10H11F3O3.C2H6/c11-10(12,13)7-16-9-4-2-1-3-8(9)15-6-5-14;1-2/h1-4,14H,5-7H2;1-2H3. The maximum absolute atomic E-state index is 11.9. The van der Waals surface area contributed by atoms with E-state index in [1.54, 1.807) is 6.07 Å². The van der Waals surface area contributed by atoms with E-state index in [4.69, 9.17) is 9.84 Å². The van der Waals surface area contributed by atoms with Crippen LogP contribution >= 0.6 is 0 Å². The molecule has 1 N–H and O–H groups in total. The molecule has 0 heterocycles. The molecule has 0 bridgehead atoms. The molecule has 0 aromatic heterocycles. The van der Waals surface area contributed by atoms with E-state index in [2.05, 4.69) is 4.74 Å². The number of aliphatic hydroxyl groups excluding tert-OH is 1. The predicted molar refractivity (Wildman–Crippen MR) is 61.9 cm³/mol. The van der Waals surface area contributed by atoms with Crippen LogP contribution in [0.1, 0.15) is 13.8 Å². The molecule has 0 unspecified atom stereocenters. The zero-order valence-electron chi connectivity index (χ0n) is 10.3. The first-order valence-corrected chi connectivity index (χ1v) is 5.55. The van der Waals surface area contributed by atoms with E-state index < -0.39 is 12.8 Å². The Labute approximate surface area is 104 Å². The molecule has 0 aliphatic rings. The molecule has 0 spiro atoms. The van der Waals surface area contributed by atoms with E-state index in [9.17, 15) is 13.2 Å². The minimum absolute atomic E-state index is 0.00634. The zero-order chi connectivity index (χ0) is 14.0. The molecule has 0 aliphatic heterocycles. The van der Waals surface area contributed by atoms with Crippen LogP contribution in [0.5, 0.6) is 11.5 Å². The number of benzene rings is 1. The smallest absolute Gasteiger partial charge is 0.422 e. The lowest BCUT2D eigenvalue weighted by Crippen LogP contribution is -2.19. The maximum atomic E-state index is 11.9. The fourth-order valence-electron chi connectivity index (χ4n) is 1.00. The first kappa shape index (κ1) is 16.6. The Kier molecular flexibility index (Phi) is 7.94. The lowest BCUT2D eigenvalue weighted by atomic mass is 10.3. The highest BCUT2D eigenvalue weighted by molar-refractivity contribution is 5.39. The van der Waals surface area contributed by atoms with E-state index in [0.717, 1.165) is 0 Å². The van der Waals surface area contributed by atoms with Crippen LogP contribution < -0.4 is 9.47 Å². The van der Waals surface area contributed by atoms with Gasteiger partial charge in [0.15, 0.2) is 18.1 Å². The Morgan fingerprint density at radius 1 is 1.06 bits per heavy atom. The van der Waals surface area contributed by atoms with Crippen LogP contribution in [0, 0.1) is 0 Å². The molecule has 3 nitrogen and oxygen atoms in total. The summed E-state index contributed by atoms with van der Waals surface area (Å²) < 4.78 is 45.3. The fourth-order valence-corrected chi connectivity index (χ4v) is 1.00. The molecule has 0 amide bonds. The van der Waals surface area contributed by atoms with E-state index in [-0.39, 0.29) is 24.7 Å². The summed E-state index contributed by atoms with van der Waals surface area (Å²) in [7, 11) is 0. The van der Waals surface area contributed by atoms with Crippen molar-refractivity contribution in [2.45, 2.75) is 20.0 Å². The highest BCUT2D eigenvalue weighted by Gasteiger charge is 2.28. The Hall–Kier alpha value is -1.43. The number of alkyl halides is 3. The first-order chi connectivity index (χ1) is 8.53. The van der Waals surface area contributed by atoms with Gasteiger partial charge in [-0.2, -0.15) is 13.2 Å². The minimum atomic E-state index is -4.38. The van der Waals surface area contributed by atoms with Crippen molar-refractivity contribution >= 4 is 0 Å². The van der Waals surface area contributed by atoms with E-state index in [1.807, 2.05) is 13.8 Å². The molecule has 6 heteroatoms. The average molecular weight is 266 g/mol. The molecule has 0 saturated heterocycles. The van der Waals surface area contributed by atoms with Gasteiger partial charge in [0.2, 0.25) is 0 Å². The molecule has 1 aromatic carbocycles. The molecule has 0 radical (unpaired) electrons. The van der Waals surface area contributed by atoms with Crippen LogP contribution in [-0.2, 0) is 0 Å². The van der Waals surface area contributed by atoms with E-state index in [0.29, 0.717) is 0 Å². The van der Waals surface area contributed by atoms with Gasteiger partial charge in [0.25, 0.3) is 0 Å². The summed E-state index contributed by atoms with van der Waals surface area (Å²) in [5.41, 5.74) is 0. The van der Waals surface area contributed by atoms with Gasteiger partial charge in [0.1, 0.15) is 6.61 Å². The maximum Gasteiger partial charge on any atom is 0.422 e. The van der Waals surface area contributed by atoms with Crippen molar-refractivity contribution in [3.05, 3.63) is 24.3 Å². The number of para-hydroxylation sites is 2. The molecule has 104 valence electrons. The van der Waals surface area contributed by atoms with E-state index in [1.165, 1.54) is 18.2 Å². The fraction of sp³-hybridized carbons (Fsp3) is 0.500. The number of rotatable bonds is 5. The van der Waals surface area contributed by atoms with Crippen LogP contribution in [0.25, 0.3) is 0 Å². The molecule has 1 rings (SSSR count). The summed E-state index contributed by atoms with van der Waals surface area (Å²) in [4.78, 5) is 0. The topological polar surface area (TPSA) is 38.7 Å². The van der Waals surface area contributed by atoms with Crippen LogP contribution in [0.2, 0.25) is 0 Å². The van der Waals surface area contributed by atoms with Crippen molar-refractivity contribution in [3.63, 3.8) is 0 Å². The lowest BCUT2D eigenvalue weighted by Gasteiger charge is -2.13. The molecular formula is C12H17F3O3. The molecular weight excluding hydrogens is 249 g/mol. The summed E-state index contributed by atoms with van der Waals surface area (Å²) in [5, 5.41) is 8.53. The van der Waals surface area contributed by atoms with Gasteiger partial charge < -0.3 is 14.6 Å².